The first-order valence-electron chi connectivity index (χ1n) is 10.7. The monoisotopic (exact) mass is 444 g/mol. The third kappa shape index (κ3) is 3.55. The van der Waals surface area contributed by atoms with Gasteiger partial charge in [-0.15, -0.1) is 0 Å². The number of hydrogen-bond acceptors (Lipinski definition) is 5. The number of ether oxygens (including phenoxy) is 1. The molecule has 7 heteroatoms. The Bertz CT molecular complexity index is 1410. The zero-order valence-electron chi connectivity index (χ0n) is 18.2. The van der Waals surface area contributed by atoms with Gasteiger partial charge in [-0.3, -0.25) is 14.5 Å². The molecule has 2 aromatic carbocycles. The first kappa shape index (κ1) is 20.9. The van der Waals surface area contributed by atoms with E-state index in [1.54, 1.807) is 24.4 Å². The van der Waals surface area contributed by atoms with Gasteiger partial charge in [-0.25, -0.2) is 9.37 Å². The van der Waals surface area contributed by atoms with Crippen molar-refractivity contribution in [2.24, 2.45) is 0 Å². The van der Waals surface area contributed by atoms with Gasteiger partial charge in [0.25, 0.3) is 5.91 Å². The van der Waals surface area contributed by atoms with Gasteiger partial charge in [0, 0.05) is 6.20 Å². The van der Waals surface area contributed by atoms with Gasteiger partial charge >= 0.3 is 0 Å². The topological polar surface area (TPSA) is 72.6 Å². The van der Waals surface area contributed by atoms with E-state index in [1.165, 1.54) is 17.0 Å². The third-order valence-corrected chi connectivity index (χ3v) is 5.64. The van der Waals surface area contributed by atoms with Crippen LogP contribution >= 0.6 is 0 Å². The van der Waals surface area contributed by atoms with E-state index >= 15 is 0 Å². The lowest BCUT2D eigenvalue weighted by Gasteiger charge is -2.24. The number of aromatic nitrogens is 1. The normalized spacial score (nSPS) is 15.2. The summed E-state index contributed by atoms with van der Waals surface area (Å²) in [5.74, 6) is 0.00427. The summed E-state index contributed by atoms with van der Waals surface area (Å²) < 4.78 is 25.4. The molecule has 1 aliphatic heterocycles. The highest BCUT2D eigenvalue weighted by Crippen LogP contribution is 2.41. The number of carbonyl (C=O) groups is 1. The largest absolute Gasteiger partial charge is 0.494 e. The summed E-state index contributed by atoms with van der Waals surface area (Å²) in [5.41, 5.74) is 1.52. The molecule has 0 radical (unpaired) electrons. The summed E-state index contributed by atoms with van der Waals surface area (Å²) in [4.78, 5) is 32.9. The van der Waals surface area contributed by atoms with E-state index in [1.807, 2.05) is 32.0 Å². The zero-order valence-corrected chi connectivity index (χ0v) is 18.2. The molecule has 0 aliphatic carbocycles. The summed E-state index contributed by atoms with van der Waals surface area (Å²) in [6, 6.07) is 13.7. The van der Waals surface area contributed by atoms with Crippen LogP contribution in [0.3, 0.4) is 0 Å². The fourth-order valence-corrected chi connectivity index (χ4v) is 4.07. The number of fused-ring (bicyclic) bond motifs is 2. The van der Waals surface area contributed by atoms with Crippen LogP contribution < -0.4 is 15.1 Å². The molecule has 33 heavy (non-hydrogen) atoms. The lowest BCUT2D eigenvalue weighted by Crippen LogP contribution is -2.30. The van der Waals surface area contributed by atoms with E-state index in [9.17, 15) is 14.0 Å². The van der Waals surface area contributed by atoms with Gasteiger partial charge in [0.1, 0.15) is 23.0 Å². The molecule has 0 N–H and O–H groups in total. The molecule has 1 amide bonds. The Hall–Kier alpha value is -4.00. The minimum Gasteiger partial charge on any atom is -0.494 e. The van der Waals surface area contributed by atoms with Crippen molar-refractivity contribution in [3.63, 3.8) is 0 Å². The lowest BCUT2D eigenvalue weighted by molar-refractivity contribution is 0.0970. The predicted molar refractivity (Wildman–Crippen MR) is 122 cm³/mol. The average Bonchev–Trinajstić information content (AvgIpc) is 3.11. The Morgan fingerprint density at radius 3 is 2.58 bits per heavy atom. The molecule has 0 spiro atoms. The number of anilines is 1. The van der Waals surface area contributed by atoms with Crippen molar-refractivity contribution in [3.05, 3.63) is 99.3 Å². The Balaban J connectivity index is 1.72. The number of hydrogen-bond donors (Lipinski definition) is 0. The van der Waals surface area contributed by atoms with Crippen molar-refractivity contribution in [1.29, 1.82) is 0 Å². The molecule has 0 fully saturated rings. The number of aryl methyl sites for hydroxylation is 1. The Morgan fingerprint density at radius 1 is 1.09 bits per heavy atom. The fraction of sp³-hybridized carbons (Fsp3) is 0.192. The van der Waals surface area contributed by atoms with Gasteiger partial charge in [0.15, 0.2) is 5.43 Å². The predicted octanol–water partition coefficient (Wildman–Crippen LogP) is 5.17. The minimum absolute atomic E-state index is 0.0576. The second-order valence-electron chi connectivity index (χ2n) is 8.00. The highest BCUT2D eigenvalue weighted by atomic mass is 19.1. The van der Waals surface area contributed by atoms with Crippen molar-refractivity contribution in [2.75, 3.05) is 11.5 Å². The highest BCUT2D eigenvalue weighted by molar-refractivity contribution is 6.10. The number of benzene rings is 2. The van der Waals surface area contributed by atoms with Crippen LogP contribution in [0.25, 0.3) is 11.0 Å². The van der Waals surface area contributed by atoms with E-state index in [4.69, 9.17) is 9.15 Å². The molecule has 1 aliphatic rings. The van der Waals surface area contributed by atoms with Crippen LogP contribution in [0.1, 0.15) is 46.6 Å². The summed E-state index contributed by atoms with van der Waals surface area (Å²) in [7, 11) is 0. The van der Waals surface area contributed by atoms with Crippen LogP contribution in [0.2, 0.25) is 0 Å². The van der Waals surface area contributed by atoms with E-state index in [0.29, 0.717) is 23.7 Å². The zero-order chi connectivity index (χ0) is 23.1. The minimum atomic E-state index is -0.771. The first-order valence-corrected chi connectivity index (χ1v) is 10.7. The summed E-state index contributed by atoms with van der Waals surface area (Å²) >= 11 is 0. The third-order valence-electron chi connectivity index (χ3n) is 5.64. The van der Waals surface area contributed by atoms with E-state index in [-0.39, 0.29) is 22.3 Å². The number of nitrogens with zero attached hydrogens (tertiary/aromatic N) is 2. The molecule has 2 aromatic heterocycles. The van der Waals surface area contributed by atoms with Crippen LogP contribution in [-0.2, 0) is 0 Å². The van der Waals surface area contributed by atoms with Gasteiger partial charge in [-0.2, -0.15) is 0 Å². The molecular formula is C26H21FN2O4. The van der Waals surface area contributed by atoms with Gasteiger partial charge in [0.2, 0.25) is 5.76 Å². The highest BCUT2D eigenvalue weighted by Gasteiger charge is 2.44. The molecule has 0 saturated heterocycles. The molecule has 1 atom stereocenters. The molecular weight excluding hydrogens is 423 g/mol. The van der Waals surface area contributed by atoms with Crippen molar-refractivity contribution < 1.29 is 18.3 Å². The molecule has 5 rings (SSSR count). The summed E-state index contributed by atoms with van der Waals surface area (Å²) in [6.45, 7) is 4.51. The van der Waals surface area contributed by atoms with Crippen LogP contribution in [0.5, 0.6) is 5.75 Å². The smallest absolute Gasteiger partial charge is 0.296 e. The Labute approximate surface area is 189 Å². The van der Waals surface area contributed by atoms with Crippen LogP contribution in [0, 0.1) is 12.7 Å². The van der Waals surface area contributed by atoms with Crippen LogP contribution in [0.15, 0.2) is 70.0 Å². The van der Waals surface area contributed by atoms with Gasteiger partial charge in [0.05, 0.1) is 23.6 Å². The number of carbonyl (C=O) groups excluding carboxylic acids is 1. The lowest BCUT2D eigenvalue weighted by atomic mass is 9.98. The maximum atomic E-state index is 13.9. The summed E-state index contributed by atoms with van der Waals surface area (Å²) in [6.07, 6.45) is 2.54. The number of pyridine rings is 1. The van der Waals surface area contributed by atoms with Gasteiger partial charge in [-0.1, -0.05) is 25.1 Å². The standard InChI is InChI=1S/C26H21FN2O4/c1-3-12-32-18-8-5-16(6-9-18)23-22-24(30)19-13-17(27)7-10-20(19)33-25(22)26(31)29(23)21-11-4-15(2)14-28-21/h4-11,13-14,23H,3,12H2,1-2H3. The fourth-order valence-electron chi connectivity index (χ4n) is 4.07. The summed E-state index contributed by atoms with van der Waals surface area (Å²) in [5, 5.41) is 0.0909. The second kappa shape index (κ2) is 8.16. The molecule has 1 unspecified atom stereocenters. The van der Waals surface area contributed by atoms with Crippen LogP contribution in [-0.4, -0.2) is 17.5 Å². The molecule has 4 aromatic rings. The number of amides is 1. The Morgan fingerprint density at radius 2 is 1.88 bits per heavy atom. The van der Waals surface area contributed by atoms with Crippen molar-refractivity contribution in [2.45, 2.75) is 26.3 Å². The van der Waals surface area contributed by atoms with Crippen LogP contribution in [0.4, 0.5) is 10.2 Å². The molecule has 3 heterocycles. The van der Waals surface area contributed by atoms with E-state index < -0.39 is 23.2 Å². The van der Waals surface area contributed by atoms with Crippen molar-refractivity contribution >= 4 is 22.7 Å². The average molecular weight is 444 g/mol. The van der Waals surface area contributed by atoms with E-state index in [0.717, 1.165) is 18.1 Å². The van der Waals surface area contributed by atoms with Crippen molar-refractivity contribution in [1.82, 2.24) is 4.98 Å². The first-order chi connectivity index (χ1) is 16.0. The molecule has 0 saturated carbocycles. The van der Waals surface area contributed by atoms with E-state index in [2.05, 4.69) is 4.98 Å². The second-order valence-corrected chi connectivity index (χ2v) is 8.00. The number of rotatable bonds is 5. The Kier molecular flexibility index (Phi) is 5.17. The molecule has 0 bridgehead atoms. The molecule has 166 valence electrons. The quantitative estimate of drug-likeness (QED) is 0.424. The maximum Gasteiger partial charge on any atom is 0.296 e. The molecule has 6 nitrogen and oxygen atoms in total. The van der Waals surface area contributed by atoms with Gasteiger partial charge in [-0.05, 0) is 60.9 Å². The SMILES string of the molecule is CCCOc1ccc(C2c3c(oc4ccc(F)cc4c3=O)C(=O)N2c2ccc(C)cn2)cc1. The van der Waals surface area contributed by atoms with Crippen molar-refractivity contribution in [3.8, 4) is 5.75 Å². The van der Waals surface area contributed by atoms with Gasteiger partial charge < -0.3 is 9.15 Å². The maximum absolute atomic E-state index is 13.9. The number of halogens is 1.